The standard InChI is InChI=1S/C8H12N6O3S/c1-4(11-12-8(18)13(2)3)14-6(16)9-5(15)10-7(14)17/h1-3H3,(H,12,18)(H2,9,10,15,16,17)/b11-4+. The summed E-state index contributed by atoms with van der Waals surface area (Å²) in [5.74, 6) is 0.0432. The third kappa shape index (κ3) is 3.13. The predicted octanol–water partition coefficient (Wildman–Crippen LogP) is -2.16. The van der Waals surface area contributed by atoms with Crippen molar-refractivity contribution < 1.29 is 0 Å². The molecule has 18 heavy (non-hydrogen) atoms. The van der Waals surface area contributed by atoms with Crippen LogP contribution in [-0.4, -0.2) is 44.5 Å². The molecule has 10 heteroatoms. The maximum absolute atomic E-state index is 11.4. The van der Waals surface area contributed by atoms with E-state index in [4.69, 9.17) is 12.2 Å². The van der Waals surface area contributed by atoms with Crippen molar-refractivity contribution in [2.45, 2.75) is 6.92 Å². The van der Waals surface area contributed by atoms with Crippen LogP contribution in [0.1, 0.15) is 6.92 Å². The molecule has 0 aromatic carbocycles. The summed E-state index contributed by atoms with van der Waals surface area (Å²) < 4.78 is 0.673. The number of nitrogens with one attached hydrogen (secondary N) is 3. The van der Waals surface area contributed by atoms with E-state index in [0.29, 0.717) is 9.68 Å². The van der Waals surface area contributed by atoms with Crippen molar-refractivity contribution in [3.63, 3.8) is 0 Å². The van der Waals surface area contributed by atoms with Gasteiger partial charge in [0.25, 0.3) is 0 Å². The van der Waals surface area contributed by atoms with E-state index < -0.39 is 17.1 Å². The molecule has 0 amide bonds. The highest BCUT2D eigenvalue weighted by Gasteiger charge is 2.06. The summed E-state index contributed by atoms with van der Waals surface area (Å²) >= 11 is 4.91. The van der Waals surface area contributed by atoms with Crippen molar-refractivity contribution in [3.8, 4) is 0 Å². The number of thiocarbonyl (C=S) groups is 1. The summed E-state index contributed by atoms with van der Waals surface area (Å²) in [5.41, 5.74) is -0.125. The quantitative estimate of drug-likeness (QED) is 0.232. The summed E-state index contributed by atoms with van der Waals surface area (Å²) in [4.78, 5) is 39.1. The van der Waals surface area contributed by atoms with Crippen LogP contribution < -0.4 is 22.5 Å². The van der Waals surface area contributed by atoms with Gasteiger partial charge in [0.15, 0.2) is 5.11 Å². The fraction of sp³-hybridized carbons (Fsp3) is 0.375. The molecule has 0 saturated carbocycles. The van der Waals surface area contributed by atoms with E-state index in [1.54, 1.807) is 19.0 Å². The van der Waals surface area contributed by atoms with Crippen LogP contribution in [0.15, 0.2) is 19.5 Å². The number of hydrogen-bond acceptors (Lipinski definition) is 5. The van der Waals surface area contributed by atoms with Crippen LogP contribution in [0.2, 0.25) is 0 Å². The Balaban J connectivity index is 3.13. The van der Waals surface area contributed by atoms with E-state index in [-0.39, 0.29) is 5.84 Å². The fourth-order valence-corrected chi connectivity index (χ4v) is 1.05. The van der Waals surface area contributed by atoms with Crippen molar-refractivity contribution in [1.29, 1.82) is 0 Å². The third-order valence-corrected chi connectivity index (χ3v) is 2.35. The van der Waals surface area contributed by atoms with Gasteiger partial charge >= 0.3 is 17.1 Å². The van der Waals surface area contributed by atoms with Crippen LogP contribution >= 0.6 is 12.2 Å². The van der Waals surface area contributed by atoms with Crippen LogP contribution in [0.3, 0.4) is 0 Å². The van der Waals surface area contributed by atoms with Crippen molar-refractivity contribution in [3.05, 3.63) is 31.5 Å². The number of hydrazone groups is 1. The molecule has 0 radical (unpaired) electrons. The second kappa shape index (κ2) is 5.40. The Morgan fingerprint density at radius 2 is 1.78 bits per heavy atom. The molecule has 0 aliphatic carbocycles. The second-order valence-corrected chi connectivity index (χ2v) is 3.88. The number of hydrogen-bond donors (Lipinski definition) is 3. The number of rotatable bonds is 1. The summed E-state index contributed by atoms with van der Waals surface area (Å²) in [6.07, 6.45) is 0. The summed E-state index contributed by atoms with van der Waals surface area (Å²) in [7, 11) is 3.42. The Morgan fingerprint density at radius 3 is 2.22 bits per heavy atom. The van der Waals surface area contributed by atoms with E-state index in [2.05, 4.69) is 10.5 Å². The van der Waals surface area contributed by atoms with Gasteiger partial charge in [-0.1, -0.05) is 0 Å². The molecule has 98 valence electrons. The first-order valence-electron chi connectivity index (χ1n) is 4.80. The van der Waals surface area contributed by atoms with Gasteiger partial charge in [-0.25, -0.2) is 14.4 Å². The lowest BCUT2D eigenvalue weighted by molar-refractivity contribution is 0.605. The Kier molecular flexibility index (Phi) is 4.15. The van der Waals surface area contributed by atoms with Gasteiger partial charge in [-0.15, -0.1) is 0 Å². The van der Waals surface area contributed by atoms with E-state index in [9.17, 15) is 14.4 Å². The van der Waals surface area contributed by atoms with Gasteiger partial charge in [0, 0.05) is 14.1 Å². The fourth-order valence-electron chi connectivity index (χ4n) is 1.00. The van der Waals surface area contributed by atoms with Gasteiger partial charge in [-0.3, -0.25) is 15.4 Å². The zero-order valence-electron chi connectivity index (χ0n) is 9.97. The van der Waals surface area contributed by atoms with Gasteiger partial charge in [0.1, 0.15) is 5.84 Å². The molecule has 1 aromatic heterocycles. The number of nitrogens with zero attached hydrogens (tertiary/aromatic N) is 3. The molecule has 3 N–H and O–H groups in total. The second-order valence-electron chi connectivity index (χ2n) is 3.50. The van der Waals surface area contributed by atoms with Crippen molar-refractivity contribution >= 4 is 23.2 Å². The van der Waals surface area contributed by atoms with Crippen LogP contribution in [-0.2, 0) is 0 Å². The molecule has 0 unspecified atom stereocenters. The van der Waals surface area contributed by atoms with Crippen LogP contribution in [0.5, 0.6) is 0 Å². The van der Waals surface area contributed by atoms with E-state index >= 15 is 0 Å². The molecule has 0 saturated heterocycles. The van der Waals surface area contributed by atoms with Crippen molar-refractivity contribution in [2.24, 2.45) is 5.10 Å². The van der Waals surface area contributed by atoms with Gasteiger partial charge in [0.05, 0.1) is 0 Å². The minimum Gasteiger partial charge on any atom is -0.354 e. The molecule has 0 aliphatic heterocycles. The minimum absolute atomic E-state index is 0.0432. The Bertz CT molecular complexity index is 618. The van der Waals surface area contributed by atoms with Gasteiger partial charge in [-0.05, 0) is 19.1 Å². The van der Waals surface area contributed by atoms with Crippen LogP contribution in [0.4, 0.5) is 0 Å². The molecule has 0 aliphatic rings. The topological polar surface area (TPSA) is 115 Å². The summed E-state index contributed by atoms with van der Waals surface area (Å²) in [6, 6.07) is 0. The largest absolute Gasteiger partial charge is 0.354 e. The molecule has 1 heterocycles. The highest BCUT2D eigenvalue weighted by atomic mass is 32.1. The smallest absolute Gasteiger partial charge is 0.339 e. The van der Waals surface area contributed by atoms with E-state index in [1.807, 2.05) is 9.97 Å². The lowest BCUT2D eigenvalue weighted by Gasteiger charge is -2.12. The molecule has 0 atom stereocenters. The van der Waals surface area contributed by atoms with Crippen molar-refractivity contribution in [2.75, 3.05) is 14.1 Å². The normalized spacial score (nSPS) is 11.2. The maximum Gasteiger partial charge on any atom is 0.339 e. The minimum atomic E-state index is -0.873. The Hall–Kier alpha value is -2.23. The Morgan fingerprint density at radius 1 is 1.28 bits per heavy atom. The first kappa shape index (κ1) is 13.8. The molecule has 1 rings (SSSR count). The van der Waals surface area contributed by atoms with Crippen molar-refractivity contribution in [1.82, 2.24) is 24.9 Å². The SMILES string of the molecule is C/C(=N\NC(=S)N(C)C)n1c(=O)[nH]c(=O)[nH]c1=O. The molecule has 0 fully saturated rings. The highest BCUT2D eigenvalue weighted by Crippen LogP contribution is 1.79. The first-order valence-corrected chi connectivity index (χ1v) is 5.21. The average molecular weight is 272 g/mol. The highest BCUT2D eigenvalue weighted by molar-refractivity contribution is 7.80. The van der Waals surface area contributed by atoms with Gasteiger partial charge < -0.3 is 4.90 Å². The number of aromatic nitrogens is 3. The van der Waals surface area contributed by atoms with Gasteiger partial charge in [-0.2, -0.15) is 9.67 Å². The molecule has 0 bridgehead atoms. The number of H-pyrrole nitrogens is 2. The van der Waals surface area contributed by atoms with Crippen LogP contribution in [0.25, 0.3) is 0 Å². The molecule has 1 aromatic rings. The zero-order valence-corrected chi connectivity index (χ0v) is 10.8. The molecular formula is C8H12N6O3S. The monoisotopic (exact) mass is 272 g/mol. The van der Waals surface area contributed by atoms with Crippen LogP contribution in [0, 0.1) is 0 Å². The first-order chi connectivity index (χ1) is 8.32. The average Bonchev–Trinajstić information content (AvgIpc) is 2.24. The molecule has 0 spiro atoms. The lowest BCUT2D eigenvalue weighted by atomic mass is 10.6. The molecule has 9 nitrogen and oxygen atoms in total. The molecular weight excluding hydrogens is 260 g/mol. The predicted molar refractivity (Wildman–Crippen MR) is 69.9 cm³/mol. The zero-order chi connectivity index (χ0) is 13.9. The third-order valence-electron chi connectivity index (χ3n) is 1.89. The van der Waals surface area contributed by atoms with Gasteiger partial charge in [0.2, 0.25) is 0 Å². The lowest BCUT2D eigenvalue weighted by Crippen LogP contribution is -2.46. The summed E-state index contributed by atoms with van der Waals surface area (Å²) in [6.45, 7) is 1.42. The Labute approximate surface area is 106 Å². The van der Waals surface area contributed by atoms with E-state index in [0.717, 1.165) is 0 Å². The van der Waals surface area contributed by atoms with E-state index in [1.165, 1.54) is 6.92 Å². The number of aromatic amines is 2. The summed E-state index contributed by atoms with van der Waals surface area (Å²) in [5, 5.41) is 4.08. The maximum atomic E-state index is 11.4.